The zero-order valence-electron chi connectivity index (χ0n) is 11.1. The first kappa shape index (κ1) is 15.4. The molecule has 0 aromatic heterocycles. The second kappa shape index (κ2) is 8.53. The van der Waals surface area contributed by atoms with E-state index in [0.29, 0.717) is 0 Å². The summed E-state index contributed by atoms with van der Waals surface area (Å²) >= 11 is 0. The smallest absolute Gasteiger partial charge is 0.237 e. The summed E-state index contributed by atoms with van der Waals surface area (Å²) in [6.07, 6.45) is 0.984. The van der Waals surface area contributed by atoms with Crippen LogP contribution in [-0.4, -0.2) is 43.0 Å². The molecule has 0 rings (SSSR count). The van der Waals surface area contributed by atoms with Crippen molar-refractivity contribution in [2.45, 2.75) is 40.2 Å². The number of hydrogen-bond acceptors (Lipinski definition) is 3. The Morgan fingerprint density at radius 2 is 1.88 bits per heavy atom. The molecule has 4 heteroatoms. The van der Waals surface area contributed by atoms with Gasteiger partial charge in [0.1, 0.15) is 0 Å². The fourth-order valence-corrected chi connectivity index (χ4v) is 1.47. The second-order valence-electron chi connectivity index (χ2n) is 4.44. The van der Waals surface area contributed by atoms with Crippen molar-refractivity contribution in [3.8, 4) is 0 Å². The number of nitrogens with two attached hydrogens (primary N) is 1. The summed E-state index contributed by atoms with van der Waals surface area (Å²) in [7, 11) is 0. The minimum Gasteiger partial charge on any atom is -0.355 e. The molecule has 1 amide bonds. The SMILES string of the molecule is CCN(CC)CCCNC(=O)[C@@H](N)C(C)C. The van der Waals surface area contributed by atoms with Gasteiger partial charge in [-0.3, -0.25) is 4.79 Å². The van der Waals surface area contributed by atoms with Crippen molar-refractivity contribution in [3.05, 3.63) is 0 Å². The Kier molecular flexibility index (Phi) is 8.21. The Balaban J connectivity index is 3.62. The van der Waals surface area contributed by atoms with Crippen LogP contribution in [0, 0.1) is 5.92 Å². The molecule has 0 radical (unpaired) electrons. The van der Waals surface area contributed by atoms with Gasteiger partial charge in [-0.2, -0.15) is 0 Å². The number of amides is 1. The van der Waals surface area contributed by atoms with Gasteiger partial charge in [0.2, 0.25) is 5.91 Å². The van der Waals surface area contributed by atoms with Gasteiger partial charge in [-0.1, -0.05) is 27.7 Å². The third kappa shape index (κ3) is 6.08. The Bertz CT molecular complexity index is 191. The van der Waals surface area contributed by atoms with E-state index in [2.05, 4.69) is 24.1 Å². The van der Waals surface area contributed by atoms with E-state index in [-0.39, 0.29) is 17.9 Å². The van der Waals surface area contributed by atoms with E-state index >= 15 is 0 Å². The zero-order chi connectivity index (χ0) is 12.6. The molecule has 0 saturated heterocycles. The predicted octanol–water partition coefficient (Wildman–Crippen LogP) is 0.818. The molecule has 96 valence electrons. The Hall–Kier alpha value is -0.610. The summed E-state index contributed by atoms with van der Waals surface area (Å²) in [6, 6.07) is -0.381. The highest BCUT2D eigenvalue weighted by Gasteiger charge is 2.16. The maximum absolute atomic E-state index is 11.5. The van der Waals surface area contributed by atoms with Gasteiger partial charge in [0.25, 0.3) is 0 Å². The van der Waals surface area contributed by atoms with Gasteiger partial charge >= 0.3 is 0 Å². The molecule has 4 nitrogen and oxygen atoms in total. The van der Waals surface area contributed by atoms with E-state index in [9.17, 15) is 4.79 Å². The van der Waals surface area contributed by atoms with E-state index in [0.717, 1.165) is 32.6 Å². The van der Waals surface area contributed by atoms with E-state index in [1.807, 2.05) is 13.8 Å². The van der Waals surface area contributed by atoms with Gasteiger partial charge < -0.3 is 16.0 Å². The van der Waals surface area contributed by atoms with Crippen molar-refractivity contribution in [3.63, 3.8) is 0 Å². The number of rotatable bonds is 8. The fourth-order valence-electron chi connectivity index (χ4n) is 1.47. The number of nitrogens with zero attached hydrogens (tertiary/aromatic N) is 1. The molecule has 3 N–H and O–H groups in total. The molecule has 0 heterocycles. The van der Waals surface area contributed by atoms with Crippen LogP contribution >= 0.6 is 0 Å². The molecule has 16 heavy (non-hydrogen) atoms. The number of carbonyl (C=O) groups excluding carboxylic acids is 1. The van der Waals surface area contributed by atoms with Crippen molar-refractivity contribution >= 4 is 5.91 Å². The van der Waals surface area contributed by atoms with Crippen LogP contribution in [0.4, 0.5) is 0 Å². The minimum atomic E-state index is -0.381. The molecule has 0 aliphatic rings. The van der Waals surface area contributed by atoms with Gasteiger partial charge in [-0.15, -0.1) is 0 Å². The highest BCUT2D eigenvalue weighted by Crippen LogP contribution is 1.97. The minimum absolute atomic E-state index is 0.0328. The summed E-state index contributed by atoms with van der Waals surface area (Å²) in [5.41, 5.74) is 5.73. The topological polar surface area (TPSA) is 58.4 Å². The maximum Gasteiger partial charge on any atom is 0.237 e. The van der Waals surface area contributed by atoms with Crippen molar-refractivity contribution in [1.29, 1.82) is 0 Å². The summed E-state index contributed by atoms with van der Waals surface area (Å²) in [5, 5.41) is 2.88. The summed E-state index contributed by atoms with van der Waals surface area (Å²) in [6.45, 7) is 12.1. The average molecular weight is 229 g/mol. The highest BCUT2D eigenvalue weighted by atomic mass is 16.2. The molecule has 0 aliphatic carbocycles. The molecule has 0 unspecified atom stereocenters. The van der Waals surface area contributed by atoms with Crippen LogP contribution < -0.4 is 11.1 Å². The van der Waals surface area contributed by atoms with Crippen LogP contribution in [0.2, 0.25) is 0 Å². The molecule has 0 saturated carbocycles. The molecule has 0 fully saturated rings. The van der Waals surface area contributed by atoms with Crippen LogP contribution in [0.25, 0.3) is 0 Å². The Labute approximate surface area is 99.6 Å². The van der Waals surface area contributed by atoms with Gasteiger partial charge in [0.05, 0.1) is 6.04 Å². The quantitative estimate of drug-likeness (QED) is 0.606. The highest BCUT2D eigenvalue weighted by molar-refractivity contribution is 5.81. The summed E-state index contributed by atoms with van der Waals surface area (Å²) < 4.78 is 0. The van der Waals surface area contributed by atoms with Crippen molar-refractivity contribution in [2.75, 3.05) is 26.2 Å². The maximum atomic E-state index is 11.5. The van der Waals surface area contributed by atoms with Crippen molar-refractivity contribution in [2.24, 2.45) is 11.7 Å². The monoisotopic (exact) mass is 229 g/mol. The first-order valence-corrected chi connectivity index (χ1v) is 6.28. The average Bonchev–Trinajstić information content (AvgIpc) is 2.27. The molecule has 0 bridgehead atoms. The van der Waals surface area contributed by atoms with Crippen LogP contribution in [0.15, 0.2) is 0 Å². The largest absolute Gasteiger partial charge is 0.355 e. The van der Waals surface area contributed by atoms with Crippen molar-refractivity contribution in [1.82, 2.24) is 10.2 Å². The lowest BCUT2D eigenvalue weighted by molar-refractivity contribution is -0.123. The van der Waals surface area contributed by atoms with E-state index in [1.165, 1.54) is 0 Å². The molecular formula is C12H27N3O. The van der Waals surface area contributed by atoms with Crippen LogP contribution in [-0.2, 0) is 4.79 Å². The number of carbonyl (C=O) groups is 1. The standard InChI is InChI=1S/C12H27N3O/c1-5-15(6-2)9-7-8-14-12(16)11(13)10(3)4/h10-11H,5-9,13H2,1-4H3,(H,14,16)/t11-/m0/s1. The van der Waals surface area contributed by atoms with Crippen LogP contribution in [0.3, 0.4) is 0 Å². The van der Waals surface area contributed by atoms with Gasteiger partial charge in [-0.05, 0) is 32.0 Å². The normalized spacial score (nSPS) is 13.2. The third-order valence-corrected chi connectivity index (χ3v) is 2.87. The lowest BCUT2D eigenvalue weighted by Gasteiger charge is -2.19. The number of nitrogens with one attached hydrogen (secondary N) is 1. The van der Waals surface area contributed by atoms with E-state index in [4.69, 9.17) is 5.73 Å². The van der Waals surface area contributed by atoms with Gasteiger partial charge in [0, 0.05) is 6.54 Å². The molecule has 0 spiro atoms. The Morgan fingerprint density at radius 1 is 1.31 bits per heavy atom. The first-order valence-electron chi connectivity index (χ1n) is 6.28. The third-order valence-electron chi connectivity index (χ3n) is 2.87. The lowest BCUT2D eigenvalue weighted by Crippen LogP contribution is -2.44. The summed E-state index contributed by atoms with van der Waals surface area (Å²) in [5.74, 6) is 0.164. The van der Waals surface area contributed by atoms with Gasteiger partial charge in [0.15, 0.2) is 0 Å². The van der Waals surface area contributed by atoms with Gasteiger partial charge in [-0.25, -0.2) is 0 Å². The lowest BCUT2D eigenvalue weighted by atomic mass is 10.1. The second-order valence-corrected chi connectivity index (χ2v) is 4.44. The van der Waals surface area contributed by atoms with Crippen LogP contribution in [0.5, 0.6) is 0 Å². The van der Waals surface area contributed by atoms with Crippen molar-refractivity contribution < 1.29 is 4.79 Å². The van der Waals surface area contributed by atoms with E-state index in [1.54, 1.807) is 0 Å². The first-order chi connectivity index (χ1) is 7.52. The zero-order valence-corrected chi connectivity index (χ0v) is 11.1. The molecule has 0 aromatic carbocycles. The summed E-state index contributed by atoms with van der Waals surface area (Å²) in [4.78, 5) is 13.9. The number of hydrogen-bond donors (Lipinski definition) is 2. The Morgan fingerprint density at radius 3 is 2.31 bits per heavy atom. The molecule has 0 aromatic rings. The predicted molar refractivity (Wildman–Crippen MR) is 68.2 cm³/mol. The molecule has 1 atom stereocenters. The van der Waals surface area contributed by atoms with E-state index < -0.39 is 0 Å². The molecule has 0 aliphatic heterocycles. The van der Waals surface area contributed by atoms with Crippen LogP contribution in [0.1, 0.15) is 34.1 Å². The molecular weight excluding hydrogens is 202 g/mol. The fraction of sp³-hybridized carbons (Fsp3) is 0.917.